The first kappa shape index (κ1) is 41.0. The van der Waals surface area contributed by atoms with Gasteiger partial charge >= 0.3 is 0 Å². The van der Waals surface area contributed by atoms with Crippen molar-refractivity contribution < 1.29 is 24.2 Å². The number of carbonyl (C=O) groups is 2. The number of para-hydroxylation sites is 1. The van der Waals surface area contributed by atoms with Crippen LogP contribution in [0.3, 0.4) is 0 Å². The lowest BCUT2D eigenvalue weighted by Gasteiger charge is -2.32. The summed E-state index contributed by atoms with van der Waals surface area (Å²) in [6.07, 6.45) is 10.1. The Kier molecular flexibility index (Phi) is 12.0. The number of hydrogen-bond acceptors (Lipinski definition) is 7. The van der Waals surface area contributed by atoms with Crippen molar-refractivity contribution in [1.82, 2.24) is 20.0 Å². The second-order valence-electron chi connectivity index (χ2n) is 16.8. The number of allylic oxidation sites excluding steroid dienone is 3. The second-order valence-corrected chi connectivity index (χ2v) is 20.8. The van der Waals surface area contributed by atoms with E-state index in [1.807, 2.05) is 110 Å². The maximum atomic E-state index is 15.1. The van der Waals surface area contributed by atoms with E-state index in [1.54, 1.807) is 4.68 Å². The summed E-state index contributed by atoms with van der Waals surface area (Å²) in [5.74, 6) is -1.01. The van der Waals surface area contributed by atoms with Crippen LogP contribution in [0.4, 0.5) is 11.4 Å². The van der Waals surface area contributed by atoms with Gasteiger partial charge in [-0.3, -0.25) is 14.3 Å². The van der Waals surface area contributed by atoms with Crippen LogP contribution in [-0.2, 0) is 32.9 Å². The minimum atomic E-state index is -2.94. The summed E-state index contributed by atoms with van der Waals surface area (Å²) in [6.45, 7) is 12.9. The van der Waals surface area contributed by atoms with E-state index < -0.39 is 20.0 Å². The van der Waals surface area contributed by atoms with E-state index in [1.165, 1.54) is 11.1 Å². The average molecular weight is 801 g/mol. The summed E-state index contributed by atoms with van der Waals surface area (Å²) in [7, 11) is -2.94. The molecular weight excluding hydrogens is 745 g/mol. The van der Waals surface area contributed by atoms with Crippen molar-refractivity contribution in [1.29, 1.82) is 0 Å². The Morgan fingerprint density at radius 2 is 1.83 bits per heavy atom. The maximum absolute atomic E-state index is 15.1. The number of ether oxygens (including phenoxy) is 1. The molecule has 2 amide bonds. The molecule has 2 aromatic heterocycles. The summed E-state index contributed by atoms with van der Waals surface area (Å²) >= 11 is 0. The zero-order valence-corrected chi connectivity index (χ0v) is 35.4. The highest BCUT2D eigenvalue weighted by Crippen LogP contribution is 2.60. The zero-order chi connectivity index (χ0) is 41.2. The highest BCUT2D eigenvalue weighted by Gasteiger charge is 2.66. The molecule has 1 unspecified atom stereocenters. The Bertz CT molecular complexity index is 2320. The van der Waals surface area contributed by atoms with Crippen molar-refractivity contribution in [2.75, 3.05) is 23.4 Å². The number of H-pyrrole nitrogens is 1. The molecule has 0 bridgehead atoms. The van der Waals surface area contributed by atoms with Gasteiger partial charge in [-0.15, -0.1) is 5.10 Å². The number of amides is 2. The van der Waals surface area contributed by atoms with Crippen LogP contribution in [0.5, 0.6) is 0 Å². The zero-order valence-electron chi connectivity index (χ0n) is 34.4. The van der Waals surface area contributed by atoms with Crippen LogP contribution in [0.2, 0.25) is 18.6 Å². The van der Waals surface area contributed by atoms with E-state index in [2.05, 4.69) is 53.5 Å². The Hall–Kier alpha value is -5.14. The Balaban J connectivity index is 1.18. The van der Waals surface area contributed by atoms with Gasteiger partial charge < -0.3 is 29.8 Å². The molecule has 1 spiro atoms. The van der Waals surface area contributed by atoms with Crippen molar-refractivity contribution in [3.05, 3.63) is 131 Å². The number of aryl methyl sites for hydroxylation is 1. The molecule has 0 aliphatic carbocycles. The molecule has 12 heteroatoms. The molecule has 0 radical (unpaired) electrons. The molecule has 5 atom stereocenters. The minimum Gasteiger partial charge on any atom is -0.432 e. The van der Waals surface area contributed by atoms with E-state index in [9.17, 15) is 14.7 Å². The lowest BCUT2D eigenvalue weighted by atomic mass is 9.82. The summed E-state index contributed by atoms with van der Waals surface area (Å²) in [6, 6.07) is 23.3. The molecule has 5 aromatic rings. The van der Waals surface area contributed by atoms with Crippen molar-refractivity contribution in [2.24, 2.45) is 5.92 Å². The molecule has 4 heterocycles. The number of aliphatic hydroxyl groups is 1. The molecular formula is C46H56N6O5Si. The van der Waals surface area contributed by atoms with Crippen LogP contribution in [0.15, 0.2) is 108 Å². The number of aromatic amines is 1. The number of aliphatic hydroxyl groups excluding tert-OH is 1. The molecule has 1 fully saturated rings. The number of aromatic nitrogens is 4. The van der Waals surface area contributed by atoms with Gasteiger partial charge in [-0.25, -0.2) is 0 Å². The molecule has 11 nitrogen and oxygen atoms in total. The highest BCUT2D eigenvalue weighted by molar-refractivity contribution is 6.71. The van der Waals surface area contributed by atoms with E-state index >= 15 is 4.79 Å². The van der Waals surface area contributed by atoms with Gasteiger partial charge in [0.2, 0.25) is 5.91 Å². The Morgan fingerprint density at radius 3 is 2.57 bits per heavy atom. The van der Waals surface area contributed by atoms with E-state index in [0.717, 1.165) is 40.6 Å². The number of rotatable bonds is 15. The monoisotopic (exact) mass is 800 g/mol. The number of carbonyl (C=O) groups excluding carboxylic acids is 2. The predicted molar refractivity (Wildman–Crippen MR) is 231 cm³/mol. The quantitative estimate of drug-likeness (QED) is 0.0621. The minimum absolute atomic E-state index is 0.103. The molecule has 1 saturated heterocycles. The summed E-state index contributed by atoms with van der Waals surface area (Å²) < 4.78 is 8.88. The van der Waals surface area contributed by atoms with Gasteiger partial charge in [-0.05, 0) is 88.5 Å². The number of benzene rings is 3. The second kappa shape index (κ2) is 17.0. The van der Waals surface area contributed by atoms with Gasteiger partial charge in [-0.1, -0.05) is 84.0 Å². The summed E-state index contributed by atoms with van der Waals surface area (Å²) in [4.78, 5) is 45.6. The summed E-state index contributed by atoms with van der Waals surface area (Å²) in [5, 5.41) is 23.2. The summed E-state index contributed by atoms with van der Waals surface area (Å²) in [5.41, 5.74) is 6.33. The van der Waals surface area contributed by atoms with Crippen LogP contribution >= 0.6 is 0 Å². The van der Waals surface area contributed by atoms with Crippen molar-refractivity contribution >= 4 is 42.4 Å². The van der Waals surface area contributed by atoms with E-state index in [-0.39, 0.29) is 42.2 Å². The fourth-order valence-corrected chi connectivity index (χ4v) is 11.7. The van der Waals surface area contributed by atoms with Crippen LogP contribution in [0, 0.1) is 5.92 Å². The largest absolute Gasteiger partial charge is 0.432 e. The fraction of sp³-hybridized carbons (Fsp3) is 0.391. The number of nitrogens with one attached hydrogen (secondary N) is 2. The van der Waals surface area contributed by atoms with Crippen LogP contribution in [0.25, 0.3) is 10.9 Å². The predicted octanol–water partition coefficient (Wildman–Crippen LogP) is 7.99. The van der Waals surface area contributed by atoms with Gasteiger partial charge in [0.05, 0.1) is 36.4 Å². The van der Waals surface area contributed by atoms with Gasteiger partial charge in [0.15, 0.2) is 13.9 Å². The standard InChI is InChI=1S/C46H56N6O5Si/c1-30(2)13-12-14-31(3)21-24-52-41-20-19-35(48-43(54)25-34-27-47-39-18-11-10-17-36(34)39)26-38(41)46(45(52)55)32(4)44(58(5,6)56)42(57-46)22-23-51-28-40(49-50-51)37(29-53)33-15-8-7-9-16-33/h7-11,13,15-21,26-28,32,37,42,44,47,53,56H,12,14,22-25,29H2,1-6H3,(H,48,54)/b31-21+/t32-,37?,42+,44-,46+/m0/s1. The SMILES string of the molecule is CC(C)=CCC/C(C)=C/CN1C(=O)[C@]2(O[C@H](CCn3cc(C(CO)c4ccccc4)nn3)[C@@H]([Si](C)(C)O)[C@@H]2C)c2cc(NC(=O)Cc3c[nH]c4ccccc34)ccc21. The third-order valence-electron chi connectivity index (χ3n) is 11.9. The van der Waals surface area contributed by atoms with Crippen LogP contribution < -0.4 is 10.2 Å². The van der Waals surface area contributed by atoms with Gasteiger partial charge in [0.1, 0.15) is 0 Å². The third-order valence-corrected chi connectivity index (χ3v) is 14.5. The topological polar surface area (TPSA) is 146 Å². The lowest BCUT2D eigenvalue weighted by Crippen LogP contribution is -2.46. The number of fused-ring (bicyclic) bond motifs is 3. The molecule has 304 valence electrons. The Morgan fingerprint density at radius 1 is 1.07 bits per heavy atom. The van der Waals surface area contributed by atoms with Gasteiger partial charge in [-0.2, -0.15) is 0 Å². The fourth-order valence-electron chi connectivity index (χ4n) is 9.10. The van der Waals surface area contributed by atoms with Crippen LogP contribution in [-0.4, -0.2) is 69.3 Å². The average Bonchev–Trinajstić information content (AvgIpc) is 3.95. The van der Waals surface area contributed by atoms with Gasteiger partial charge in [0.25, 0.3) is 5.91 Å². The van der Waals surface area contributed by atoms with Crippen molar-refractivity contribution in [3.63, 3.8) is 0 Å². The first-order valence-electron chi connectivity index (χ1n) is 20.4. The lowest BCUT2D eigenvalue weighted by molar-refractivity contribution is -0.145. The number of anilines is 2. The molecule has 3 aromatic carbocycles. The van der Waals surface area contributed by atoms with Crippen molar-refractivity contribution in [2.45, 2.75) is 96.2 Å². The van der Waals surface area contributed by atoms with Crippen LogP contribution in [0.1, 0.15) is 75.3 Å². The first-order valence-corrected chi connectivity index (χ1v) is 23.4. The van der Waals surface area contributed by atoms with E-state index in [4.69, 9.17) is 4.74 Å². The molecule has 0 saturated carbocycles. The normalized spacial score (nSPS) is 21.2. The smallest absolute Gasteiger partial charge is 0.264 e. The molecule has 58 heavy (non-hydrogen) atoms. The third kappa shape index (κ3) is 8.24. The number of hydrogen-bond donors (Lipinski definition) is 4. The molecule has 2 aliphatic heterocycles. The Labute approximate surface area is 341 Å². The number of nitrogens with zero attached hydrogens (tertiary/aromatic N) is 4. The highest BCUT2D eigenvalue weighted by atomic mass is 28.4. The maximum Gasteiger partial charge on any atom is 0.264 e. The van der Waals surface area contributed by atoms with E-state index in [0.29, 0.717) is 36.5 Å². The van der Waals surface area contributed by atoms with Gasteiger partial charge in [0, 0.05) is 59.1 Å². The molecule has 7 rings (SSSR count). The molecule has 4 N–H and O–H groups in total. The molecule has 2 aliphatic rings. The first-order chi connectivity index (χ1) is 27.8. The van der Waals surface area contributed by atoms with Crippen molar-refractivity contribution in [3.8, 4) is 0 Å².